The fourth-order valence-corrected chi connectivity index (χ4v) is 1.84. The van der Waals surface area contributed by atoms with Crippen LogP contribution in [0.25, 0.3) is 0 Å². The molecule has 0 spiro atoms. The Hall–Kier alpha value is -0.240. The predicted molar refractivity (Wildman–Crippen MR) is 69.1 cm³/mol. The number of hydrogen-bond donors (Lipinski definition) is 1. The van der Waals surface area contributed by atoms with E-state index in [2.05, 4.69) is 0 Å². The van der Waals surface area contributed by atoms with Gasteiger partial charge in [-0.05, 0) is 26.7 Å². The molecule has 0 saturated carbocycles. The van der Waals surface area contributed by atoms with Gasteiger partial charge in [0.25, 0.3) is 0 Å². The van der Waals surface area contributed by atoms with Crippen LogP contribution in [-0.4, -0.2) is 17.0 Å². The van der Waals surface area contributed by atoms with Crippen LogP contribution >= 0.6 is 11.6 Å². The highest BCUT2D eigenvalue weighted by molar-refractivity contribution is 6.17. The molecule has 16 heavy (non-hydrogen) atoms. The van der Waals surface area contributed by atoms with Gasteiger partial charge in [0.05, 0.1) is 5.41 Å². The lowest BCUT2D eigenvalue weighted by molar-refractivity contribution is -0.147. The van der Waals surface area contributed by atoms with Crippen LogP contribution in [0.15, 0.2) is 0 Å². The average Bonchev–Trinajstić information content (AvgIpc) is 2.21. The van der Waals surface area contributed by atoms with E-state index in [0.29, 0.717) is 0 Å². The van der Waals surface area contributed by atoms with E-state index in [0.717, 1.165) is 31.6 Å². The number of hydrogen-bond acceptors (Lipinski definition) is 1. The summed E-state index contributed by atoms with van der Waals surface area (Å²) in [5.74, 6) is 0.0851. The number of carboxylic acid groups (broad SMARTS) is 1. The van der Waals surface area contributed by atoms with Crippen molar-refractivity contribution in [3.8, 4) is 0 Å². The van der Waals surface area contributed by atoms with Crippen molar-refractivity contribution in [3.05, 3.63) is 0 Å². The maximum atomic E-state index is 10.8. The zero-order valence-corrected chi connectivity index (χ0v) is 11.4. The van der Waals surface area contributed by atoms with Gasteiger partial charge in [-0.2, -0.15) is 0 Å². The number of alkyl halides is 1. The number of carbonyl (C=O) groups is 1. The molecule has 0 aliphatic heterocycles. The molecular weight excluding hydrogens is 224 g/mol. The molecule has 0 aromatic carbocycles. The molecule has 0 saturated heterocycles. The van der Waals surface area contributed by atoms with Gasteiger partial charge in [0.1, 0.15) is 0 Å². The van der Waals surface area contributed by atoms with Crippen molar-refractivity contribution in [2.75, 3.05) is 5.88 Å². The number of carboxylic acids is 1. The Kier molecular flexibility index (Phi) is 8.73. The highest BCUT2D eigenvalue weighted by Gasteiger charge is 2.25. The molecule has 0 heterocycles. The third kappa shape index (κ3) is 7.98. The molecule has 1 N–H and O–H groups in total. The predicted octanol–water partition coefficient (Wildman–Crippen LogP) is 4.46. The summed E-state index contributed by atoms with van der Waals surface area (Å²) in [6, 6.07) is 0. The number of unbranched alkanes of at least 4 members (excludes halogenated alkanes) is 6. The second-order valence-corrected chi connectivity index (χ2v) is 5.48. The van der Waals surface area contributed by atoms with Crippen LogP contribution in [0.5, 0.6) is 0 Å². The van der Waals surface area contributed by atoms with Crippen LogP contribution in [0.3, 0.4) is 0 Å². The number of rotatable bonds is 10. The quantitative estimate of drug-likeness (QED) is 0.458. The van der Waals surface area contributed by atoms with E-state index in [-0.39, 0.29) is 0 Å². The van der Waals surface area contributed by atoms with Gasteiger partial charge in [-0.15, -0.1) is 11.6 Å². The van der Waals surface area contributed by atoms with E-state index in [1.807, 2.05) is 0 Å². The van der Waals surface area contributed by atoms with Gasteiger partial charge in [0.15, 0.2) is 0 Å². The molecule has 3 heteroatoms. The normalized spacial score (nSPS) is 11.7. The van der Waals surface area contributed by atoms with Gasteiger partial charge >= 0.3 is 5.97 Å². The minimum atomic E-state index is -0.686. The smallest absolute Gasteiger partial charge is 0.309 e. The Morgan fingerprint density at radius 3 is 1.88 bits per heavy atom. The summed E-state index contributed by atoms with van der Waals surface area (Å²) in [5, 5.41) is 8.93. The zero-order chi connectivity index (χ0) is 12.4. The first-order valence-corrected chi connectivity index (χ1v) is 6.83. The van der Waals surface area contributed by atoms with E-state index in [9.17, 15) is 4.79 Å². The largest absolute Gasteiger partial charge is 0.481 e. The SMILES string of the molecule is CC(C)(CCCCCCCCCCl)C(=O)O. The first-order valence-electron chi connectivity index (χ1n) is 6.30. The maximum Gasteiger partial charge on any atom is 0.309 e. The van der Waals surface area contributed by atoms with Gasteiger partial charge in [-0.25, -0.2) is 0 Å². The molecule has 0 aliphatic carbocycles. The second-order valence-electron chi connectivity index (χ2n) is 5.10. The van der Waals surface area contributed by atoms with Crippen LogP contribution in [0.2, 0.25) is 0 Å². The van der Waals surface area contributed by atoms with Gasteiger partial charge < -0.3 is 5.11 Å². The molecule has 0 rings (SSSR count). The van der Waals surface area contributed by atoms with Gasteiger partial charge in [0, 0.05) is 5.88 Å². The Balaban J connectivity index is 3.30. The van der Waals surface area contributed by atoms with Crippen molar-refractivity contribution in [2.45, 2.75) is 65.2 Å². The highest BCUT2D eigenvalue weighted by Crippen LogP contribution is 2.24. The lowest BCUT2D eigenvalue weighted by Gasteiger charge is -2.18. The van der Waals surface area contributed by atoms with Crippen molar-refractivity contribution < 1.29 is 9.90 Å². The monoisotopic (exact) mass is 248 g/mol. The zero-order valence-electron chi connectivity index (χ0n) is 10.6. The van der Waals surface area contributed by atoms with E-state index in [1.165, 1.54) is 25.7 Å². The molecule has 2 nitrogen and oxygen atoms in total. The van der Waals surface area contributed by atoms with Crippen LogP contribution in [0.1, 0.15) is 65.2 Å². The summed E-state index contributed by atoms with van der Waals surface area (Å²) in [6.07, 6.45) is 9.03. The molecule has 0 aromatic heterocycles. The molecule has 0 amide bonds. The molecule has 0 aromatic rings. The lowest BCUT2D eigenvalue weighted by Crippen LogP contribution is -2.23. The molecule has 0 unspecified atom stereocenters. The van der Waals surface area contributed by atoms with Crippen LogP contribution in [0, 0.1) is 5.41 Å². The molecule has 0 fully saturated rings. The molecule has 0 atom stereocenters. The first kappa shape index (κ1) is 15.8. The van der Waals surface area contributed by atoms with Gasteiger partial charge in [0.2, 0.25) is 0 Å². The summed E-state index contributed by atoms with van der Waals surface area (Å²) in [5.41, 5.74) is -0.557. The van der Waals surface area contributed by atoms with Crippen LogP contribution in [-0.2, 0) is 4.79 Å². The lowest BCUT2D eigenvalue weighted by atomic mass is 9.87. The molecule has 96 valence electrons. The average molecular weight is 249 g/mol. The molecule has 0 bridgehead atoms. The van der Waals surface area contributed by atoms with Crippen molar-refractivity contribution >= 4 is 17.6 Å². The Morgan fingerprint density at radius 2 is 1.44 bits per heavy atom. The topological polar surface area (TPSA) is 37.3 Å². The Labute approximate surface area is 104 Å². The van der Waals surface area contributed by atoms with Crippen molar-refractivity contribution in [2.24, 2.45) is 5.41 Å². The van der Waals surface area contributed by atoms with E-state index >= 15 is 0 Å². The Bertz CT molecular complexity index is 190. The number of halogens is 1. The maximum absolute atomic E-state index is 10.8. The fraction of sp³-hybridized carbons (Fsp3) is 0.923. The molecule has 0 radical (unpaired) electrons. The van der Waals surface area contributed by atoms with E-state index < -0.39 is 11.4 Å². The third-order valence-electron chi connectivity index (χ3n) is 3.01. The summed E-state index contributed by atoms with van der Waals surface area (Å²) in [7, 11) is 0. The third-order valence-corrected chi connectivity index (χ3v) is 3.28. The van der Waals surface area contributed by atoms with Crippen molar-refractivity contribution in [1.29, 1.82) is 0 Å². The van der Waals surface area contributed by atoms with E-state index in [4.69, 9.17) is 16.7 Å². The van der Waals surface area contributed by atoms with Gasteiger partial charge in [-0.3, -0.25) is 4.79 Å². The van der Waals surface area contributed by atoms with Crippen molar-refractivity contribution in [3.63, 3.8) is 0 Å². The molecule has 0 aliphatic rings. The van der Waals surface area contributed by atoms with Crippen molar-refractivity contribution in [1.82, 2.24) is 0 Å². The summed E-state index contributed by atoms with van der Waals surface area (Å²) >= 11 is 5.59. The number of aliphatic carboxylic acids is 1. The standard InChI is InChI=1S/C13H25ClO2/c1-13(2,12(15)16)10-8-6-4-3-5-7-9-11-14/h3-11H2,1-2H3,(H,15,16). The molecular formula is C13H25ClO2. The second kappa shape index (κ2) is 8.86. The minimum Gasteiger partial charge on any atom is -0.481 e. The Morgan fingerprint density at radius 1 is 1.00 bits per heavy atom. The van der Waals surface area contributed by atoms with Crippen LogP contribution < -0.4 is 0 Å². The van der Waals surface area contributed by atoms with E-state index in [1.54, 1.807) is 13.8 Å². The fourth-order valence-electron chi connectivity index (χ4n) is 1.65. The summed E-state index contributed by atoms with van der Waals surface area (Å²) in [6.45, 7) is 3.60. The van der Waals surface area contributed by atoms with Crippen LogP contribution in [0.4, 0.5) is 0 Å². The van der Waals surface area contributed by atoms with Gasteiger partial charge in [-0.1, -0.05) is 38.5 Å². The highest BCUT2D eigenvalue weighted by atomic mass is 35.5. The summed E-state index contributed by atoms with van der Waals surface area (Å²) < 4.78 is 0. The first-order chi connectivity index (χ1) is 7.50. The minimum absolute atomic E-state index is 0.557. The summed E-state index contributed by atoms with van der Waals surface area (Å²) in [4.78, 5) is 10.8.